The molecule has 0 radical (unpaired) electrons. The Labute approximate surface area is 104 Å². The molecule has 0 aromatic heterocycles. The van der Waals surface area contributed by atoms with E-state index in [0.29, 0.717) is 12.5 Å². The zero-order chi connectivity index (χ0) is 13.3. The zero-order valence-corrected chi connectivity index (χ0v) is 10.3. The van der Waals surface area contributed by atoms with Crippen LogP contribution in [0.1, 0.15) is 23.2 Å². The zero-order valence-electron chi connectivity index (χ0n) is 9.52. The molecule has 1 aromatic rings. The van der Waals surface area contributed by atoms with Gasteiger partial charge in [-0.05, 0) is 37.0 Å². The fourth-order valence-electron chi connectivity index (χ4n) is 1.51. The highest BCUT2D eigenvalue weighted by atomic mass is 32.2. The van der Waals surface area contributed by atoms with E-state index in [2.05, 4.69) is 5.32 Å². The summed E-state index contributed by atoms with van der Waals surface area (Å²) in [5.41, 5.74) is -0.178. The molecule has 1 aliphatic rings. The van der Waals surface area contributed by atoms with Gasteiger partial charge in [0.2, 0.25) is 10.0 Å². The second-order valence-electron chi connectivity index (χ2n) is 4.34. The van der Waals surface area contributed by atoms with E-state index in [1.165, 1.54) is 0 Å². The largest absolute Gasteiger partial charge is 0.352 e. The molecule has 3 N–H and O–H groups in total. The lowest BCUT2D eigenvalue weighted by Crippen LogP contribution is -2.26. The first-order valence-electron chi connectivity index (χ1n) is 5.48. The van der Waals surface area contributed by atoms with Crippen molar-refractivity contribution >= 4 is 15.9 Å². The van der Waals surface area contributed by atoms with Gasteiger partial charge in [0.05, 0.1) is 10.5 Å². The Bertz CT molecular complexity index is 582. The fourth-order valence-corrected chi connectivity index (χ4v) is 2.04. The third-order valence-electron chi connectivity index (χ3n) is 2.76. The predicted octanol–water partition coefficient (Wildman–Crippen LogP) is 0.613. The van der Waals surface area contributed by atoms with Crippen molar-refractivity contribution < 1.29 is 17.6 Å². The molecule has 98 valence electrons. The van der Waals surface area contributed by atoms with Crippen LogP contribution in [0.25, 0.3) is 0 Å². The number of carbonyl (C=O) groups is 1. The summed E-state index contributed by atoms with van der Waals surface area (Å²) in [6.07, 6.45) is 2.15. The Hall–Kier alpha value is -1.47. The summed E-state index contributed by atoms with van der Waals surface area (Å²) < 4.78 is 35.6. The molecule has 0 unspecified atom stereocenters. The van der Waals surface area contributed by atoms with E-state index >= 15 is 0 Å². The number of carbonyl (C=O) groups excluding carboxylic acids is 1. The average Bonchev–Trinajstić information content (AvgIpc) is 3.08. The maximum absolute atomic E-state index is 13.6. The van der Waals surface area contributed by atoms with Gasteiger partial charge in [0, 0.05) is 6.54 Å². The fraction of sp³-hybridized carbons (Fsp3) is 0.364. The van der Waals surface area contributed by atoms with E-state index in [4.69, 9.17) is 5.14 Å². The normalized spacial score (nSPS) is 15.4. The summed E-state index contributed by atoms with van der Waals surface area (Å²) in [7, 11) is -3.96. The molecule has 1 fully saturated rings. The van der Waals surface area contributed by atoms with Crippen molar-refractivity contribution in [1.29, 1.82) is 0 Å². The van der Waals surface area contributed by atoms with E-state index in [0.717, 1.165) is 31.0 Å². The highest BCUT2D eigenvalue weighted by Gasteiger charge is 2.23. The Morgan fingerprint density at radius 3 is 2.61 bits per heavy atom. The predicted molar refractivity (Wildman–Crippen MR) is 62.8 cm³/mol. The highest BCUT2D eigenvalue weighted by molar-refractivity contribution is 7.89. The van der Waals surface area contributed by atoms with Crippen LogP contribution in [0.4, 0.5) is 4.39 Å². The quantitative estimate of drug-likeness (QED) is 0.841. The number of primary sulfonamides is 1. The third kappa shape index (κ3) is 3.05. The van der Waals surface area contributed by atoms with Crippen LogP contribution >= 0.6 is 0 Å². The number of nitrogens with one attached hydrogen (secondary N) is 1. The van der Waals surface area contributed by atoms with Gasteiger partial charge >= 0.3 is 0 Å². The van der Waals surface area contributed by atoms with Gasteiger partial charge in [0.1, 0.15) is 5.82 Å². The van der Waals surface area contributed by atoms with Gasteiger partial charge in [0.25, 0.3) is 5.91 Å². The second-order valence-corrected chi connectivity index (χ2v) is 5.90. The molecule has 0 bridgehead atoms. The highest BCUT2D eigenvalue weighted by Crippen LogP contribution is 2.27. The summed E-state index contributed by atoms with van der Waals surface area (Å²) in [6.45, 7) is 0.523. The van der Waals surface area contributed by atoms with Crippen molar-refractivity contribution in [2.45, 2.75) is 17.7 Å². The first-order valence-corrected chi connectivity index (χ1v) is 7.03. The standard InChI is InChI=1S/C11H13FN2O3S/c12-10-5-8(18(13,16)17)3-4-9(10)11(15)14-6-7-1-2-7/h3-5,7H,1-2,6H2,(H,14,15)(H2,13,16,17). The smallest absolute Gasteiger partial charge is 0.254 e. The number of halogens is 1. The molecule has 1 saturated carbocycles. The lowest BCUT2D eigenvalue weighted by molar-refractivity contribution is 0.0947. The summed E-state index contributed by atoms with van der Waals surface area (Å²) >= 11 is 0. The SMILES string of the molecule is NS(=O)(=O)c1ccc(C(=O)NCC2CC2)c(F)c1. The van der Waals surface area contributed by atoms with Gasteiger partial charge in [0.15, 0.2) is 0 Å². The van der Waals surface area contributed by atoms with Gasteiger partial charge in [-0.25, -0.2) is 17.9 Å². The minimum Gasteiger partial charge on any atom is -0.352 e. The minimum atomic E-state index is -3.96. The summed E-state index contributed by atoms with van der Waals surface area (Å²) in [4.78, 5) is 11.3. The van der Waals surface area contributed by atoms with Crippen molar-refractivity contribution in [3.63, 3.8) is 0 Å². The van der Waals surface area contributed by atoms with Crippen molar-refractivity contribution in [3.8, 4) is 0 Å². The number of rotatable bonds is 4. The number of hydrogen-bond acceptors (Lipinski definition) is 3. The molecule has 18 heavy (non-hydrogen) atoms. The molecule has 0 heterocycles. The molecule has 0 saturated heterocycles. The average molecular weight is 272 g/mol. The van der Waals surface area contributed by atoms with Crippen molar-refractivity contribution in [1.82, 2.24) is 5.32 Å². The van der Waals surface area contributed by atoms with E-state index in [-0.39, 0.29) is 10.5 Å². The molecular weight excluding hydrogens is 259 g/mol. The maximum Gasteiger partial charge on any atom is 0.254 e. The van der Waals surface area contributed by atoms with Gasteiger partial charge in [-0.3, -0.25) is 4.79 Å². The topological polar surface area (TPSA) is 89.3 Å². The second kappa shape index (κ2) is 4.66. The monoisotopic (exact) mass is 272 g/mol. The Morgan fingerprint density at radius 2 is 2.11 bits per heavy atom. The van der Waals surface area contributed by atoms with Gasteiger partial charge < -0.3 is 5.32 Å². The Kier molecular flexibility index (Phi) is 3.36. The lowest BCUT2D eigenvalue weighted by Gasteiger charge is -2.06. The molecule has 2 rings (SSSR count). The van der Waals surface area contributed by atoms with Gasteiger partial charge in [-0.1, -0.05) is 0 Å². The molecule has 0 aliphatic heterocycles. The summed E-state index contributed by atoms with van der Waals surface area (Å²) in [5, 5.41) is 7.46. The van der Waals surface area contributed by atoms with Crippen molar-refractivity contribution in [3.05, 3.63) is 29.6 Å². The molecule has 0 spiro atoms. The van der Waals surface area contributed by atoms with Gasteiger partial charge in [-0.15, -0.1) is 0 Å². The van der Waals surface area contributed by atoms with Crippen LogP contribution in [0.2, 0.25) is 0 Å². The molecule has 1 amide bonds. The lowest BCUT2D eigenvalue weighted by atomic mass is 10.2. The van der Waals surface area contributed by atoms with Crippen LogP contribution in [0.15, 0.2) is 23.1 Å². The van der Waals surface area contributed by atoms with Crippen molar-refractivity contribution in [2.75, 3.05) is 6.54 Å². The number of nitrogens with two attached hydrogens (primary N) is 1. The molecule has 1 aliphatic carbocycles. The molecule has 0 atom stereocenters. The van der Waals surface area contributed by atoms with Crippen LogP contribution in [0.5, 0.6) is 0 Å². The van der Waals surface area contributed by atoms with E-state index in [1.54, 1.807) is 0 Å². The Balaban J connectivity index is 2.15. The molecule has 1 aromatic carbocycles. The van der Waals surface area contributed by atoms with Crippen molar-refractivity contribution in [2.24, 2.45) is 11.1 Å². The summed E-state index contributed by atoms with van der Waals surface area (Å²) in [6, 6.07) is 2.99. The first kappa shape index (κ1) is 13.0. The minimum absolute atomic E-state index is 0.178. The van der Waals surface area contributed by atoms with Crippen LogP contribution in [-0.4, -0.2) is 20.9 Å². The number of hydrogen-bond donors (Lipinski definition) is 2. The number of benzene rings is 1. The van der Waals surface area contributed by atoms with Gasteiger partial charge in [-0.2, -0.15) is 0 Å². The van der Waals surface area contributed by atoms with E-state index < -0.39 is 21.7 Å². The summed E-state index contributed by atoms with van der Waals surface area (Å²) in [5.74, 6) is -0.948. The van der Waals surface area contributed by atoms with E-state index in [9.17, 15) is 17.6 Å². The van der Waals surface area contributed by atoms with Crippen LogP contribution in [0, 0.1) is 11.7 Å². The maximum atomic E-state index is 13.6. The molecule has 5 nitrogen and oxygen atoms in total. The third-order valence-corrected chi connectivity index (χ3v) is 3.67. The van der Waals surface area contributed by atoms with E-state index in [1.807, 2.05) is 0 Å². The number of amides is 1. The van der Waals surface area contributed by atoms with Crippen LogP contribution in [0.3, 0.4) is 0 Å². The first-order chi connectivity index (χ1) is 8.38. The number of sulfonamides is 1. The van der Waals surface area contributed by atoms with Crippen LogP contribution < -0.4 is 10.5 Å². The Morgan fingerprint density at radius 1 is 1.44 bits per heavy atom. The molecule has 7 heteroatoms. The van der Waals surface area contributed by atoms with Crippen LogP contribution in [-0.2, 0) is 10.0 Å². The molecular formula is C11H13FN2O3S.